The van der Waals surface area contributed by atoms with Crippen LogP contribution in [0.15, 0.2) is 36.4 Å². The van der Waals surface area contributed by atoms with Crippen molar-refractivity contribution in [2.45, 2.75) is 6.54 Å². The average molecular weight is 336 g/mol. The number of halogens is 1. The first-order valence-corrected chi connectivity index (χ1v) is 7.29. The predicted molar refractivity (Wildman–Crippen MR) is 88.7 cm³/mol. The van der Waals surface area contributed by atoms with Crippen LogP contribution in [0.3, 0.4) is 0 Å². The predicted octanol–water partition coefficient (Wildman–Crippen LogP) is 3.30. The monoisotopic (exact) mass is 335 g/mol. The van der Waals surface area contributed by atoms with Crippen molar-refractivity contribution < 1.29 is 19.0 Å². The third kappa shape index (κ3) is 4.07. The lowest BCUT2D eigenvalue weighted by Crippen LogP contribution is -2.23. The number of carbonyl (C=O) groups excluding carboxylic acids is 1. The lowest BCUT2D eigenvalue weighted by Gasteiger charge is -2.12. The average Bonchev–Trinajstić information content (AvgIpc) is 2.59. The van der Waals surface area contributed by atoms with Gasteiger partial charge < -0.3 is 19.5 Å². The first-order chi connectivity index (χ1) is 11.1. The van der Waals surface area contributed by atoms with E-state index in [1.54, 1.807) is 38.5 Å². The highest BCUT2D eigenvalue weighted by atomic mass is 35.5. The first kappa shape index (κ1) is 17.0. The number of methoxy groups -OCH3 is 3. The minimum absolute atomic E-state index is 0.265. The molecular formula is C17H18ClNO4. The molecule has 1 amide bonds. The number of rotatable bonds is 6. The summed E-state index contributed by atoms with van der Waals surface area (Å²) in [5.74, 6) is 1.46. The minimum atomic E-state index is -0.265. The molecule has 0 atom stereocenters. The van der Waals surface area contributed by atoms with E-state index in [9.17, 15) is 4.79 Å². The van der Waals surface area contributed by atoms with E-state index in [1.165, 1.54) is 7.11 Å². The Labute approximate surface area is 140 Å². The third-order valence-electron chi connectivity index (χ3n) is 3.31. The van der Waals surface area contributed by atoms with Crippen molar-refractivity contribution in [1.29, 1.82) is 0 Å². The van der Waals surface area contributed by atoms with Crippen LogP contribution in [0.25, 0.3) is 0 Å². The zero-order valence-electron chi connectivity index (χ0n) is 13.2. The van der Waals surface area contributed by atoms with E-state index in [-0.39, 0.29) is 5.91 Å². The van der Waals surface area contributed by atoms with Crippen molar-refractivity contribution in [3.05, 3.63) is 52.5 Å². The van der Waals surface area contributed by atoms with Gasteiger partial charge in [0.1, 0.15) is 5.75 Å². The van der Waals surface area contributed by atoms with Crippen LogP contribution in [0.4, 0.5) is 0 Å². The zero-order valence-corrected chi connectivity index (χ0v) is 13.9. The van der Waals surface area contributed by atoms with Crippen LogP contribution in [0, 0.1) is 0 Å². The van der Waals surface area contributed by atoms with Crippen molar-refractivity contribution in [2.24, 2.45) is 0 Å². The topological polar surface area (TPSA) is 56.8 Å². The summed E-state index contributed by atoms with van der Waals surface area (Å²) in [6, 6.07) is 10.4. The van der Waals surface area contributed by atoms with Crippen LogP contribution < -0.4 is 19.5 Å². The van der Waals surface area contributed by atoms with Crippen molar-refractivity contribution in [3.63, 3.8) is 0 Å². The smallest absolute Gasteiger partial charge is 0.255 e. The van der Waals surface area contributed by atoms with E-state index >= 15 is 0 Å². The Bertz CT molecular complexity index is 703. The van der Waals surface area contributed by atoms with Gasteiger partial charge in [0.05, 0.1) is 26.9 Å². The standard InChI is InChI=1S/C17H18ClNO4/c1-21-14-7-5-12(18)9-13(14)17(20)19-10-11-4-6-15(22-2)16(8-11)23-3/h4-9H,10H2,1-3H3,(H,19,20). The van der Waals surface area contributed by atoms with Crippen molar-refractivity contribution in [2.75, 3.05) is 21.3 Å². The van der Waals surface area contributed by atoms with Crippen LogP contribution in [0.5, 0.6) is 17.2 Å². The van der Waals surface area contributed by atoms with E-state index in [0.717, 1.165) is 5.56 Å². The molecule has 0 heterocycles. The Balaban J connectivity index is 2.12. The lowest BCUT2D eigenvalue weighted by atomic mass is 10.1. The van der Waals surface area contributed by atoms with Gasteiger partial charge in [-0.05, 0) is 35.9 Å². The lowest BCUT2D eigenvalue weighted by molar-refractivity contribution is 0.0948. The molecule has 5 nitrogen and oxygen atoms in total. The molecule has 122 valence electrons. The fraction of sp³-hybridized carbons (Fsp3) is 0.235. The molecule has 0 radical (unpaired) electrons. The Morgan fingerprint density at radius 2 is 1.61 bits per heavy atom. The van der Waals surface area contributed by atoms with Crippen LogP contribution in [0.2, 0.25) is 5.02 Å². The van der Waals surface area contributed by atoms with E-state index in [4.69, 9.17) is 25.8 Å². The molecule has 0 bridgehead atoms. The molecule has 0 aliphatic carbocycles. The number of hydrogen-bond acceptors (Lipinski definition) is 4. The second-order valence-electron chi connectivity index (χ2n) is 4.72. The largest absolute Gasteiger partial charge is 0.496 e. The molecule has 0 aromatic heterocycles. The molecule has 0 aliphatic rings. The summed E-state index contributed by atoms with van der Waals surface area (Å²) in [5, 5.41) is 3.31. The van der Waals surface area contributed by atoms with Crippen LogP contribution in [-0.4, -0.2) is 27.2 Å². The van der Waals surface area contributed by atoms with Gasteiger partial charge >= 0.3 is 0 Å². The molecule has 0 fully saturated rings. The summed E-state index contributed by atoms with van der Waals surface area (Å²) in [4.78, 5) is 12.3. The first-order valence-electron chi connectivity index (χ1n) is 6.91. The summed E-state index contributed by atoms with van der Waals surface area (Å²) < 4.78 is 15.6. The highest BCUT2D eigenvalue weighted by Crippen LogP contribution is 2.27. The fourth-order valence-corrected chi connectivity index (χ4v) is 2.30. The van der Waals surface area contributed by atoms with Crippen molar-refractivity contribution in [1.82, 2.24) is 5.32 Å². The number of benzene rings is 2. The van der Waals surface area contributed by atoms with E-state index in [1.807, 2.05) is 12.1 Å². The molecule has 0 saturated carbocycles. The highest BCUT2D eigenvalue weighted by molar-refractivity contribution is 6.31. The number of hydrogen-bond donors (Lipinski definition) is 1. The molecular weight excluding hydrogens is 318 g/mol. The number of amides is 1. The van der Waals surface area contributed by atoms with Gasteiger partial charge in [-0.15, -0.1) is 0 Å². The van der Waals surface area contributed by atoms with Crippen LogP contribution in [0.1, 0.15) is 15.9 Å². The zero-order chi connectivity index (χ0) is 16.8. The molecule has 1 N–H and O–H groups in total. The number of carbonyl (C=O) groups is 1. The van der Waals surface area contributed by atoms with E-state index < -0.39 is 0 Å². The van der Waals surface area contributed by atoms with E-state index in [2.05, 4.69) is 5.32 Å². The summed E-state index contributed by atoms with van der Waals surface area (Å²) in [5.41, 5.74) is 1.28. The normalized spacial score (nSPS) is 10.1. The van der Waals surface area contributed by atoms with E-state index in [0.29, 0.717) is 34.4 Å². The van der Waals surface area contributed by atoms with Gasteiger partial charge in [0.2, 0.25) is 0 Å². The van der Waals surface area contributed by atoms with Crippen LogP contribution >= 0.6 is 11.6 Å². The summed E-state index contributed by atoms with van der Waals surface area (Å²) in [7, 11) is 4.65. The maximum Gasteiger partial charge on any atom is 0.255 e. The molecule has 0 spiro atoms. The molecule has 6 heteroatoms. The van der Waals surface area contributed by atoms with Gasteiger partial charge in [-0.2, -0.15) is 0 Å². The SMILES string of the molecule is COc1ccc(CNC(=O)c2cc(Cl)ccc2OC)cc1OC. The Hall–Kier alpha value is -2.40. The van der Waals surface area contributed by atoms with Gasteiger partial charge in [0.15, 0.2) is 11.5 Å². The van der Waals surface area contributed by atoms with Gasteiger partial charge in [-0.25, -0.2) is 0 Å². The number of nitrogens with one attached hydrogen (secondary N) is 1. The second kappa shape index (κ2) is 7.74. The van der Waals surface area contributed by atoms with Crippen molar-refractivity contribution in [3.8, 4) is 17.2 Å². The van der Waals surface area contributed by atoms with Gasteiger partial charge in [-0.3, -0.25) is 4.79 Å². The minimum Gasteiger partial charge on any atom is -0.496 e. The Kier molecular flexibility index (Phi) is 5.71. The summed E-state index contributed by atoms with van der Waals surface area (Å²) >= 11 is 5.94. The highest BCUT2D eigenvalue weighted by Gasteiger charge is 2.13. The quantitative estimate of drug-likeness (QED) is 0.880. The van der Waals surface area contributed by atoms with Crippen LogP contribution in [-0.2, 0) is 6.54 Å². The molecule has 0 unspecified atom stereocenters. The Morgan fingerprint density at radius 3 is 2.26 bits per heavy atom. The number of ether oxygens (including phenoxy) is 3. The fourth-order valence-electron chi connectivity index (χ4n) is 2.13. The molecule has 0 saturated heterocycles. The molecule has 2 rings (SSSR count). The molecule has 2 aromatic rings. The molecule has 0 aliphatic heterocycles. The van der Waals surface area contributed by atoms with Gasteiger partial charge in [0, 0.05) is 11.6 Å². The van der Waals surface area contributed by atoms with Crippen molar-refractivity contribution >= 4 is 17.5 Å². The summed E-state index contributed by atoms with van der Waals surface area (Å²) in [6.45, 7) is 0.342. The third-order valence-corrected chi connectivity index (χ3v) is 3.54. The maximum atomic E-state index is 12.3. The van der Waals surface area contributed by atoms with Gasteiger partial charge in [-0.1, -0.05) is 17.7 Å². The second-order valence-corrected chi connectivity index (χ2v) is 5.15. The van der Waals surface area contributed by atoms with Gasteiger partial charge in [0.25, 0.3) is 5.91 Å². The summed E-state index contributed by atoms with van der Waals surface area (Å²) in [6.07, 6.45) is 0. The Morgan fingerprint density at radius 1 is 0.957 bits per heavy atom. The molecule has 23 heavy (non-hydrogen) atoms. The molecule has 2 aromatic carbocycles. The maximum absolute atomic E-state index is 12.3.